The second kappa shape index (κ2) is 13.6. The highest BCUT2D eigenvalue weighted by molar-refractivity contribution is 5.35. The molecule has 0 spiro atoms. The number of hydrogen-bond acceptors (Lipinski definition) is 3. The predicted molar refractivity (Wildman–Crippen MR) is 139 cm³/mol. The third-order valence-electron chi connectivity index (χ3n) is 7.67. The van der Waals surface area contributed by atoms with Crippen molar-refractivity contribution in [1.29, 1.82) is 0 Å². The lowest BCUT2D eigenvalue weighted by atomic mass is 9.78. The fraction of sp³-hybridized carbons (Fsp3) is 0.484. The lowest BCUT2D eigenvalue weighted by Gasteiger charge is -2.29. The van der Waals surface area contributed by atoms with Crippen molar-refractivity contribution in [3.63, 3.8) is 0 Å². The molecule has 0 N–H and O–H groups in total. The summed E-state index contributed by atoms with van der Waals surface area (Å²) < 4.78 is 97.6. The summed E-state index contributed by atoms with van der Waals surface area (Å²) >= 11 is 0. The molecule has 0 radical (unpaired) electrons. The summed E-state index contributed by atoms with van der Waals surface area (Å²) in [6, 6.07) is 5.91. The molecule has 3 nitrogen and oxygen atoms in total. The Morgan fingerprint density at radius 2 is 1.73 bits per heavy atom. The van der Waals surface area contributed by atoms with Crippen molar-refractivity contribution in [3.05, 3.63) is 83.7 Å². The zero-order chi connectivity index (χ0) is 28.7. The molecule has 1 saturated heterocycles. The van der Waals surface area contributed by atoms with E-state index in [-0.39, 0.29) is 18.3 Å². The normalized spacial score (nSPS) is 23.7. The van der Waals surface area contributed by atoms with Crippen LogP contribution in [-0.4, -0.2) is 12.7 Å². The third kappa shape index (κ3) is 8.05. The first-order chi connectivity index (χ1) is 19.1. The fourth-order valence-corrected chi connectivity index (χ4v) is 5.51. The average Bonchev–Trinajstić information content (AvgIpc) is 2.92. The summed E-state index contributed by atoms with van der Waals surface area (Å²) in [4.78, 5) is 0. The number of alkyl halides is 2. The molecule has 1 aliphatic heterocycles. The van der Waals surface area contributed by atoms with E-state index in [1.807, 2.05) is 0 Å². The van der Waals surface area contributed by atoms with E-state index in [0.29, 0.717) is 23.5 Å². The van der Waals surface area contributed by atoms with E-state index in [4.69, 9.17) is 4.74 Å². The van der Waals surface area contributed by atoms with E-state index in [9.17, 15) is 26.3 Å². The summed E-state index contributed by atoms with van der Waals surface area (Å²) in [6.07, 6.45) is 6.43. The summed E-state index contributed by atoms with van der Waals surface area (Å²) in [5, 5.41) is 0. The second-order valence-electron chi connectivity index (χ2n) is 10.6. The number of allylic oxidation sites excluding steroid dienone is 1. The maximum Gasteiger partial charge on any atom is 0.429 e. The molecule has 2 unspecified atom stereocenters. The van der Waals surface area contributed by atoms with Gasteiger partial charge in [-0.3, -0.25) is 0 Å². The Labute approximate surface area is 230 Å². The minimum Gasteiger partial charge on any atom is -0.456 e. The van der Waals surface area contributed by atoms with E-state index in [0.717, 1.165) is 63.0 Å². The van der Waals surface area contributed by atoms with Gasteiger partial charge in [0.15, 0.2) is 17.8 Å². The van der Waals surface area contributed by atoms with Crippen molar-refractivity contribution < 1.29 is 40.6 Å². The highest BCUT2D eigenvalue weighted by Gasteiger charge is 2.38. The van der Waals surface area contributed by atoms with Crippen LogP contribution in [0, 0.1) is 23.5 Å². The Kier molecular flexibility index (Phi) is 10.2. The Hall–Kier alpha value is -2.94. The molecular weight excluding hydrogens is 534 g/mol. The van der Waals surface area contributed by atoms with Gasteiger partial charge in [-0.2, -0.15) is 17.6 Å². The minimum absolute atomic E-state index is 0.0162. The van der Waals surface area contributed by atoms with Crippen LogP contribution < -0.4 is 9.47 Å². The molecule has 2 aliphatic rings. The van der Waals surface area contributed by atoms with E-state index >= 15 is 0 Å². The van der Waals surface area contributed by atoms with Crippen molar-refractivity contribution in [1.82, 2.24) is 0 Å². The lowest BCUT2D eigenvalue weighted by molar-refractivity contribution is -0.187. The fourth-order valence-electron chi connectivity index (χ4n) is 5.51. The molecule has 2 aromatic carbocycles. The van der Waals surface area contributed by atoms with Gasteiger partial charge in [-0.25, -0.2) is 8.78 Å². The van der Waals surface area contributed by atoms with E-state index in [2.05, 4.69) is 28.5 Å². The van der Waals surface area contributed by atoms with Gasteiger partial charge in [-0.15, -0.1) is 0 Å². The van der Waals surface area contributed by atoms with Crippen LogP contribution in [0.1, 0.15) is 75.3 Å². The second-order valence-corrected chi connectivity index (χ2v) is 10.6. The van der Waals surface area contributed by atoms with Gasteiger partial charge in [0, 0.05) is 6.07 Å². The molecule has 0 amide bonds. The van der Waals surface area contributed by atoms with Crippen LogP contribution in [0.2, 0.25) is 0 Å². The van der Waals surface area contributed by atoms with Crippen LogP contribution >= 0.6 is 0 Å². The zero-order valence-electron chi connectivity index (χ0n) is 22.4. The van der Waals surface area contributed by atoms with Crippen LogP contribution in [-0.2, 0) is 10.8 Å². The number of rotatable bonds is 10. The number of halogens is 6. The van der Waals surface area contributed by atoms with Crippen LogP contribution in [0.4, 0.5) is 26.3 Å². The summed E-state index contributed by atoms with van der Waals surface area (Å²) in [6.45, 7) is 3.01. The Bertz CT molecular complexity index is 1180. The van der Waals surface area contributed by atoms with Gasteiger partial charge in [0.1, 0.15) is 11.6 Å². The third-order valence-corrected chi connectivity index (χ3v) is 7.67. The molecule has 40 heavy (non-hydrogen) atoms. The van der Waals surface area contributed by atoms with Gasteiger partial charge in [0.25, 0.3) is 0 Å². The van der Waals surface area contributed by atoms with Crippen LogP contribution in [0.5, 0.6) is 11.5 Å². The highest BCUT2D eigenvalue weighted by atomic mass is 19.3. The molecule has 9 heteroatoms. The standard InChI is InChI=1S/C31H34F6O3/c1-2-3-21-7-12-24(38-18-21)11-6-20-4-8-22(9-5-20)23-10-14-26(27(32)16-23)31(36,37)40-25-13-15-29(28(33)17-25)39-19-30(34)35/h6,10-11,13-17,19-22,24H,2-5,7-9,12,18H2,1H3/b11-6+. The van der Waals surface area contributed by atoms with E-state index in [1.165, 1.54) is 25.3 Å². The van der Waals surface area contributed by atoms with Gasteiger partial charge < -0.3 is 14.2 Å². The Balaban J connectivity index is 1.31. The minimum atomic E-state index is -4.09. The largest absolute Gasteiger partial charge is 0.456 e. The quantitative estimate of drug-likeness (QED) is 0.162. The Morgan fingerprint density at radius 3 is 2.35 bits per heavy atom. The molecule has 2 fully saturated rings. The van der Waals surface area contributed by atoms with Gasteiger partial charge in [0.2, 0.25) is 0 Å². The summed E-state index contributed by atoms with van der Waals surface area (Å²) in [7, 11) is 0. The van der Waals surface area contributed by atoms with E-state index in [1.54, 1.807) is 0 Å². The molecule has 1 aliphatic carbocycles. The maximum atomic E-state index is 14.8. The predicted octanol–water partition coefficient (Wildman–Crippen LogP) is 9.64. The Morgan fingerprint density at radius 1 is 0.950 bits per heavy atom. The maximum absolute atomic E-state index is 14.8. The first-order valence-corrected chi connectivity index (χ1v) is 13.8. The molecule has 2 aromatic rings. The van der Waals surface area contributed by atoms with Crippen LogP contribution in [0.3, 0.4) is 0 Å². The number of ether oxygens (including phenoxy) is 3. The number of hydrogen-bond donors (Lipinski definition) is 0. The molecule has 4 rings (SSSR count). The van der Waals surface area contributed by atoms with Crippen molar-refractivity contribution >= 4 is 0 Å². The first kappa shape index (κ1) is 30.0. The molecule has 0 aromatic heterocycles. The van der Waals surface area contributed by atoms with Crippen molar-refractivity contribution in [2.75, 3.05) is 6.61 Å². The average molecular weight is 569 g/mol. The summed E-state index contributed by atoms with van der Waals surface area (Å²) in [5.74, 6) is -2.39. The number of benzene rings is 2. The molecule has 218 valence electrons. The topological polar surface area (TPSA) is 27.7 Å². The first-order valence-electron chi connectivity index (χ1n) is 13.8. The van der Waals surface area contributed by atoms with Gasteiger partial charge in [-0.05, 0) is 92.5 Å². The van der Waals surface area contributed by atoms with Gasteiger partial charge >= 0.3 is 12.2 Å². The van der Waals surface area contributed by atoms with Crippen molar-refractivity contribution in [2.45, 2.75) is 76.4 Å². The van der Waals surface area contributed by atoms with E-state index < -0.39 is 40.9 Å². The molecule has 1 heterocycles. The molecule has 1 saturated carbocycles. The van der Waals surface area contributed by atoms with Crippen LogP contribution in [0.25, 0.3) is 0 Å². The summed E-state index contributed by atoms with van der Waals surface area (Å²) in [5.41, 5.74) is -0.331. The SMILES string of the molecule is CCCC1CCC(/C=C/C2CCC(c3ccc(C(F)(F)Oc4ccc(OC=C(F)F)c(F)c4)c(F)c3)CC2)OC1. The molecule has 2 atom stereocenters. The van der Waals surface area contributed by atoms with Gasteiger partial charge in [-0.1, -0.05) is 31.6 Å². The van der Waals surface area contributed by atoms with Crippen molar-refractivity contribution in [3.8, 4) is 11.5 Å². The van der Waals surface area contributed by atoms with Crippen LogP contribution in [0.15, 0.2) is 60.9 Å². The zero-order valence-corrected chi connectivity index (χ0v) is 22.4. The smallest absolute Gasteiger partial charge is 0.429 e. The molecular formula is C31H34F6O3. The highest BCUT2D eigenvalue weighted by Crippen LogP contribution is 2.40. The monoisotopic (exact) mass is 568 g/mol. The molecule has 0 bridgehead atoms. The van der Waals surface area contributed by atoms with Gasteiger partial charge in [0.05, 0.1) is 18.3 Å². The van der Waals surface area contributed by atoms with Crippen molar-refractivity contribution in [2.24, 2.45) is 11.8 Å². The lowest BCUT2D eigenvalue weighted by Crippen LogP contribution is -2.24.